The summed E-state index contributed by atoms with van der Waals surface area (Å²) < 4.78 is 96.7. The van der Waals surface area contributed by atoms with Gasteiger partial charge in [0.1, 0.15) is 68.9 Å². The van der Waals surface area contributed by atoms with E-state index in [9.17, 15) is 32.5 Å². The number of nitrogen functional groups attached to an aromatic ring is 1. The van der Waals surface area contributed by atoms with Gasteiger partial charge in [-0.05, 0) is 249 Å². The molecule has 0 bridgehead atoms. The first-order valence-corrected chi connectivity index (χ1v) is 55.5. The summed E-state index contributed by atoms with van der Waals surface area (Å²) in [5.74, 6) is 13.6. The number of likely N-dealkylation sites (tertiary alicyclic amines) is 2. The number of hydrogen-bond acceptors (Lipinski definition) is 18. The zero-order chi connectivity index (χ0) is 89.2. The van der Waals surface area contributed by atoms with Crippen molar-refractivity contribution in [3.8, 4) is 45.5 Å². The van der Waals surface area contributed by atoms with Gasteiger partial charge in [-0.2, -0.15) is 0 Å². The number of nitrogens with zero attached hydrogens (tertiary/aromatic N) is 6. The third-order valence-electron chi connectivity index (χ3n) is 21.4. The average molecular weight is 1780 g/mol. The summed E-state index contributed by atoms with van der Waals surface area (Å²) >= 11 is 0. The Kier molecular flexibility index (Phi) is 40.1. The van der Waals surface area contributed by atoms with Gasteiger partial charge in [-0.3, -0.25) is 4.57 Å². The van der Waals surface area contributed by atoms with Gasteiger partial charge in [0.05, 0.1) is 14.2 Å². The Balaban J connectivity index is 0.000000395. The molecule has 2 unspecified atom stereocenters. The summed E-state index contributed by atoms with van der Waals surface area (Å²) in [7, 11) is -6.70. The third-order valence-corrected chi connectivity index (χ3v) is 38.1. The molecule has 2 aliphatic rings. The molecular formula is C92H139F2LiN9O14PSi4. The van der Waals surface area contributed by atoms with Crippen molar-refractivity contribution in [3.63, 3.8) is 0 Å². The molecule has 2 saturated heterocycles. The van der Waals surface area contributed by atoms with Gasteiger partial charge in [-0.15, -0.1) is 0 Å². The van der Waals surface area contributed by atoms with E-state index < -0.39 is 63.6 Å². The maximum absolute atomic E-state index is 13.3. The maximum atomic E-state index is 13.3. The number of piperidine rings is 2. The number of carbonyl (C=O) groups excluding carboxylic acids is 4. The zero-order valence-corrected chi connectivity index (χ0v) is 81.0. The number of halogens is 2. The summed E-state index contributed by atoms with van der Waals surface area (Å²) in [5, 5.41) is 1.32. The fourth-order valence-corrected chi connectivity index (χ4v) is 25.3. The van der Waals surface area contributed by atoms with Crippen molar-refractivity contribution >= 4 is 75.2 Å². The molecule has 0 radical (unpaired) electrons. The SMILES string of the molecule is C.C.COC(=O)c1[nH]c(C(CCO[Si](C)(C)C(C)(C)C)C2CCN(C(=O)OC(C)(C)C)CC2)nc1-c1ccc(Oc2ccc(F)cc2)cc1.COC(=O)c1c(-c2ccc(Oc3ccc(F)cc3)cc2)nc(C(CCO[Si](C)(C)C(C)(C)C)C2CCN(C(=O)OC(C)(C)C)CC2)n1N.C[Si](C)(C)[N-][Si](C)(C)C.NOP(=O)(c1ccccc1)c1ccccc1.[Li+]. The molecule has 10 rings (SSSR count). The van der Waals surface area contributed by atoms with Crippen LogP contribution in [0.15, 0.2) is 158 Å². The van der Waals surface area contributed by atoms with Crippen LogP contribution in [0.4, 0.5) is 18.4 Å². The molecule has 2 amide bonds. The van der Waals surface area contributed by atoms with Crippen molar-refractivity contribution in [2.45, 2.75) is 235 Å². The number of esters is 2. The minimum absolute atomic E-state index is 0. The molecule has 5 N–H and O–H groups in total. The molecular weight excluding hydrogens is 1640 g/mol. The number of nitrogens with one attached hydrogen (secondary N) is 1. The third kappa shape index (κ3) is 32.1. The Morgan fingerprint density at radius 1 is 0.512 bits per heavy atom. The minimum atomic E-state index is -3.13. The second-order valence-corrected chi connectivity index (χ2v) is 59.0. The van der Waals surface area contributed by atoms with E-state index in [1.165, 1.54) is 43.2 Å². The summed E-state index contributed by atoms with van der Waals surface area (Å²) in [6, 6.07) is 43.9. The van der Waals surface area contributed by atoms with Crippen molar-refractivity contribution in [2.24, 2.45) is 17.7 Å². The van der Waals surface area contributed by atoms with Crippen molar-refractivity contribution in [3.05, 3.63) is 197 Å². The van der Waals surface area contributed by atoms with Gasteiger partial charge in [0.15, 0.2) is 28.0 Å². The number of H-pyrrole nitrogens is 1. The zero-order valence-electron chi connectivity index (χ0n) is 76.1. The topological polar surface area (TPSA) is 288 Å². The van der Waals surface area contributed by atoms with Crippen molar-refractivity contribution in [1.82, 2.24) is 29.4 Å². The van der Waals surface area contributed by atoms with Crippen LogP contribution in [0.1, 0.15) is 181 Å². The van der Waals surface area contributed by atoms with Crippen LogP contribution in [-0.4, -0.2) is 151 Å². The number of imidazole rings is 2. The predicted octanol–water partition coefficient (Wildman–Crippen LogP) is 20.2. The Labute approximate surface area is 747 Å². The van der Waals surface area contributed by atoms with Crippen LogP contribution in [0.3, 0.4) is 0 Å². The molecule has 2 aliphatic heterocycles. The van der Waals surface area contributed by atoms with Gasteiger partial charge in [0, 0.05) is 73.0 Å². The first-order valence-electron chi connectivity index (χ1n) is 41.1. The second kappa shape index (κ2) is 45.9. The number of aromatic amines is 1. The van der Waals surface area contributed by atoms with Gasteiger partial charge in [-0.25, -0.2) is 53.1 Å². The molecule has 2 fully saturated rings. The Hall–Kier alpha value is -8.03. The van der Waals surface area contributed by atoms with Crippen molar-refractivity contribution in [2.75, 3.05) is 59.5 Å². The van der Waals surface area contributed by atoms with Crippen molar-refractivity contribution < 1.29 is 93.3 Å². The van der Waals surface area contributed by atoms with E-state index >= 15 is 0 Å². The van der Waals surface area contributed by atoms with E-state index in [1.54, 1.807) is 94.7 Å². The molecule has 4 heterocycles. The number of hydrogen-bond donors (Lipinski definition) is 3. The summed E-state index contributed by atoms with van der Waals surface area (Å²) in [6.45, 7) is 50.5. The monoisotopic (exact) mass is 1780 g/mol. The van der Waals surface area contributed by atoms with Crippen LogP contribution in [0.5, 0.6) is 23.0 Å². The molecule has 6 aromatic carbocycles. The largest absolute Gasteiger partial charge is 1.00 e. The summed E-state index contributed by atoms with van der Waals surface area (Å²) in [6.07, 6.45) is 3.70. The predicted molar refractivity (Wildman–Crippen MR) is 498 cm³/mol. The first kappa shape index (κ1) is 107. The standard InChI is InChI=1S/C36H51FN4O6Si.C36H50FN3O6Si.C12H12NO2P.C6H18NSi2.2CH4.Li/c1-35(2,3)47-34(43)40-21-18-24(19-22-40)29(20-23-45-48(8,9)36(4,5)6)32-39-30(31(41(32)38)33(42)44-7)25-10-14-27(15-11-25)46-28-16-12-26(37)13-17-28;1-35(2,3)46-34(42)40-21-18-24(19-22-40)29(20-23-44-47(8,9)36(4,5)6)32-38-30(31(39-32)33(41)43-7)25-10-14-27(15-11-25)45-28-16-12-26(37)13-17-28;13-15-16(14,11-7-3-1-4-8-11)12-9-5-2-6-10-12;1-8(2,3)7-9(4,5)6;;;/h10-17,24,29H,18-23,38H2,1-9H3;10-17,24,29H,18-23H2,1-9H3,(H,38,39);1-10H,13H2;1-6H3;2*1H4;/q;;;-1;;;+1. The van der Waals surface area contributed by atoms with E-state index in [4.69, 9.17) is 68.3 Å². The van der Waals surface area contributed by atoms with Gasteiger partial charge in [0.25, 0.3) is 7.37 Å². The normalized spacial score (nSPS) is 14.3. The number of benzene rings is 6. The van der Waals surface area contributed by atoms with Gasteiger partial charge in [-0.1, -0.05) is 149 Å². The molecule has 672 valence electrons. The molecule has 0 spiro atoms. The van der Waals surface area contributed by atoms with Crippen molar-refractivity contribution in [1.29, 1.82) is 0 Å². The molecule has 0 aliphatic carbocycles. The van der Waals surface area contributed by atoms with E-state index in [2.05, 4.69) is 112 Å². The van der Waals surface area contributed by atoms with Gasteiger partial charge in [0.2, 0.25) is 0 Å². The molecule has 23 nitrogen and oxygen atoms in total. The first-order chi connectivity index (χ1) is 55.8. The Bertz CT molecular complexity index is 4600. The van der Waals surface area contributed by atoms with Crippen LogP contribution in [-0.2, 0) is 37.0 Å². The molecule has 123 heavy (non-hydrogen) atoms. The van der Waals surface area contributed by atoms with E-state index in [-0.39, 0.29) is 103 Å². The van der Waals surface area contributed by atoms with E-state index in [1.807, 2.05) is 90.1 Å². The number of methoxy groups -OCH3 is 2. The van der Waals surface area contributed by atoms with E-state index in [0.717, 1.165) is 31.2 Å². The summed E-state index contributed by atoms with van der Waals surface area (Å²) in [4.78, 5) is 68.7. The number of amides is 2. The number of rotatable bonds is 25. The summed E-state index contributed by atoms with van der Waals surface area (Å²) in [5.41, 5.74) is 1.54. The number of nitrogens with two attached hydrogens (primary N) is 2. The fourth-order valence-electron chi connectivity index (χ4n) is 13.5. The second-order valence-electron chi connectivity index (χ2n) is 37.4. The van der Waals surface area contributed by atoms with Crippen LogP contribution >= 0.6 is 7.37 Å². The maximum Gasteiger partial charge on any atom is 1.00 e. The quantitative estimate of drug-likeness (QED) is 0.0120. The van der Waals surface area contributed by atoms with Crippen LogP contribution in [0, 0.1) is 23.5 Å². The van der Waals surface area contributed by atoms with Crippen LogP contribution in [0.25, 0.3) is 27.2 Å². The number of carbonyl (C=O) groups is 4. The average Bonchev–Trinajstić information content (AvgIpc) is 1.62. The molecule has 2 aromatic heterocycles. The fraction of sp³-hybridized carbons (Fsp3) is 0.500. The number of aromatic nitrogens is 4. The van der Waals surface area contributed by atoms with Crippen LogP contribution < -0.4 is 50.7 Å². The van der Waals surface area contributed by atoms with Gasteiger partial charge >= 0.3 is 43.0 Å². The smallest absolute Gasteiger partial charge is 0.668 e. The van der Waals surface area contributed by atoms with E-state index in [0.29, 0.717) is 114 Å². The number of ether oxygens (including phenoxy) is 6. The molecule has 0 saturated carbocycles. The van der Waals surface area contributed by atoms with Crippen LogP contribution in [0.2, 0.25) is 75.5 Å². The molecule has 8 aromatic rings. The molecule has 31 heteroatoms. The minimum Gasteiger partial charge on any atom is -0.668 e. The molecule has 2 atom stereocenters. The Morgan fingerprint density at radius 2 is 0.854 bits per heavy atom. The van der Waals surface area contributed by atoms with Gasteiger partial charge < -0.3 is 62.5 Å². The Morgan fingerprint density at radius 3 is 1.18 bits per heavy atom.